The fraction of sp³-hybridized carbons (Fsp3) is 0.550. The number of aromatic nitrogens is 2. The van der Waals surface area contributed by atoms with Crippen molar-refractivity contribution in [1.82, 2.24) is 15.5 Å². The summed E-state index contributed by atoms with van der Waals surface area (Å²) in [5.74, 6) is 2.37. The van der Waals surface area contributed by atoms with Crippen molar-refractivity contribution in [3.63, 3.8) is 0 Å². The number of nitrogens with one attached hydrogen (secondary N) is 2. The second-order valence-electron chi connectivity index (χ2n) is 7.45. The van der Waals surface area contributed by atoms with E-state index in [1.165, 1.54) is 30.4 Å². The van der Waals surface area contributed by atoms with E-state index in [2.05, 4.69) is 66.6 Å². The SMILES string of the molecule is CC(C)[C@@H]1CC[C@@H](C)C[C@H]1NCc1cn[nH]c1-c1ccccc1. The largest absolute Gasteiger partial charge is 0.309 e. The third-order valence-corrected chi connectivity index (χ3v) is 5.36. The van der Waals surface area contributed by atoms with E-state index in [1.54, 1.807) is 0 Å². The number of benzene rings is 1. The average Bonchev–Trinajstić information content (AvgIpc) is 3.02. The minimum Gasteiger partial charge on any atom is -0.309 e. The van der Waals surface area contributed by atoms with Crippen molar-refractivity contribution in [2.45, 2.75) is 52.6 Å². The van der Waals surface area contributed by atoms with Gasteiger partial charge in [0, 0.05) is 18.2 Å². The maximum atomic E-state index is 4.27. The van der Waals surface area contributed by atoms with Gasteiger partial charge in [0.15, 0.2) is 0 Å². The Morgan fingerprint density at radius 1 is 1.22 bits per heavy atom. The van der Waals surface area contributed by atoms with Crippen molar-refractivity contribution in [3.8, 4) is 11.3 Å². The molecule has 1 fully saturated rings. The number of hydrogen-bond acceptors (Lipinski definition) is 2. The van der Waals surface area contributed by atoms with Crippen molar-refractivity contribution in [1.29, 1.82) is 0 Å². The molecule has 0 amide bonds. The fourth-order valence-corrected chi connectivity index (χ4v) is 3.98. The maximum Gasteiger partial charge on any atom is 0.0695 e. The molecular weight excluding hydrogens is 282 g/mol. The van der Waals surface area contributed by atoms with Crippen LogP contribution in [0.4, 0.5) is 0 Å². The summed E-state index contributed by atoms with van der Waals surface area (Å²) < 4.78 is 0. The highest BCUT2D eigenvalue weighted by Crippen LogP contribution is 2.33. The summed E-state index contributed by atoms with van der Waals surface area (Å²) in [4.78, 5) is 0. The van der Waals surface area contributed by atoms with Gasteiger partial charge in [-0.3, -0.25) is 5.10 Å². The Morgan fingerprint density at radius 2 is 2.00 bits per heavy atom. The van der Waals surface area contributed by atoms with Gasteiger partial charge in [-0.2, -0.15) is 5.10 Å². The third kappa shape index (κ3) is 3.84. The molecule has 0 saturated heterocycles. The molecule has 0 bridgehead atoms. The molecule has 1 aliphatic carbocycles. The van der Waals surface area contributed by atoms with E-state index in [0.29, 0.717) is 6.04 Å². The summed E-state index contributed by atoms with van der Waals surface area (Å²) >= 11 is 0. The summed E-state index contributed by atoms with van der Waals surface area (Å²) in [6, 6.07) is 11.1. The number of H-pyrrole nitrogens is 1. The molecule has 3 heteroatoms. The monoisotopic (exact) mass is 311 g/mol. The summed E-state index contributed by atoms with van der Waals surface area (Å²) in [6.45, 7) is 8.00. The van der Waals surface area contributed by atoms with Gasteiger partial charge in [0.1, 0.15) is 0 Å². The van der Waals surface area contributed by atoms with Crippen LogP contribution in [-0.4, -0.2) is 16.2 Å². The smallest absolute Gasteiger partial charge is 0.0695 e. The molecule has 1 saturated carbocycles. The minimum atomic E-state index is 0.622. The maximum absolute atomic E-state index is 4.27. The zero-order chi connectivity index (χ0) is 16.2. The summed E-state index contributed by atoms with van der Waals surface area (Å²) in [5.41, 5.74) is 3.61. The highest BCUT2D eigenvalue weighted by atomic mass is 15.1. The Morgan fingerprint density at radius 3 is 2.74 bits per heavy atom. The molecule has 1 heterocycles. The lowest BCUT2D eigenvalue weighted by molar-refractivity contribution is 0.169. The second kappa shape index (κ2) is 7.31. The van der Waals surface area contributed by atoms with E-state index in [4.69, 9.17) is 0 Å². The first kappa shape index (κ1) is 16.3. The molecule has 3 nitrogen and oxygen atoms in total. The molecule has 0 spiro atoms. The van der Waals surface area contributed by atoms with Gasteiger partial charge in [0.2, 0.25) is 0 Å². The van der Waals surface area contributed by atoms with Gasteiger partial charge >= 0.3 is 0 Å². The topological polar surface area (TPSA) is 40.7 Å². The Kier molecular flexibility index (Phi) is 5.16. The van der Waals surface area contributed by atoms with E-state index in [-0.39, 0.29) is 0 Å². The van der Waals surface area contributed by atoms with Gasteiger partial charge in [-0.1, -0.05) is 57.5 Å². The van der Waals surface area contributed by atoms with Crippen molar-refractivity contribution in [2.24, 2.45) is 17.8 Å². The predicted octanol–water partition coefficient (Wildman–Crippen LogP) is 4.63. The van der Waals surface area contributed by atoms with Crippen LogP contribution in [0.1, 0.15) is 45.6 Å². The molecule has 1 aromatic heterocycles. The van der Waals surface area contributed by atoms with Crippen molar-refractivity contribution in [2.75, 3.05) is 0 Å². The highest BCUT2D eigenvalue weighted by molar-refractivity contribution is 5.62. The van der Waals surface area contributed by atoms with Crippen LogP contribution < -0.4 is 5.32 Å². The fourth-order valence-electron chi connectivity index (χ4n) is 3.98. The van der Waals surface area contributed by atoms with Crippen LogP contribution in [0.25, 0.3) is 11.3 Å². The lowest BCUT2D eigenvalue weighted by atomic mass is 9.74. The molecule has 0 radical (unpaired) electrons. The third-order valence-electron chi connectivity index (χ3n) is 5.36. The summed E-state index contributed by atoms with van der Waals surface area (Å²) in [7, 11) is 0. The van der Waals surface area contributed by atoms with Gasteiger partial charge in [-0.25, -0.2) is 0 Å². The Hall–Kier alpha value is -1.61. The minimum absolute atomic E-state index is 0.622. The van der Waals surface area contributed by atoms with Crippen LogP contribution in [-0.2, 0) is 6.54 Å². The molecule has 124 valence electrons. The van der Waals surface area contributed by atoms with Gasteiger partial charge in [-0.05, 0) is 36.2 Å². The number of hydrogen-bond donors (Lipinski definition) is 2. The lowest BCUT2D eigenvalue weighted by Gasteiger charge is -2.38. The molecule has 2 aromatic rings. The van der Waals surface area contributed by atoms with E-state index >= 15 is 0 Å². The van der Waals surface area contributed by atoms with Crippen LogP contribution in [0.2, 0.25) is 0 Å². The number of aromatic amines is 1. The molecular formula is C20H29N3. The molecule has 1 aliphatic rings. The van der Waals surface area contributed by atoms with Crippen molar-refractivity contribution < 1.29 is 0 Å². The van der Waals surface area contributed by atoms with E-state index in [0.717, 1.165) is 30.0 Å². The standard InChI is InChI=1S/C20H29N3/c1-14(2)18-10-9-15(3)11-19(18)21-12-17-13-22-23-20(17)16-7-5-4-6-8-16/h4-8,13-15,18-19,21H,9-12H2,1-3H3,(H,22,23)/t15-,18+,19-/m1/s1. The summed E-state index contributed by atoms with van der Waals surface area (Å²) in [6.07, 6.45) is 5.99. The van der Waals surface area contributed by atoms with Gasteiger partial charge in [0.25, 0.3) is 0 Å². The normalized spacial score (nSPS) is 25.0. The molecule has 2 N–H and O–H groups in total. The Labute approximate surface area is 139 Å². The van der Waals surface area contributed by atoms with E-state index in [9.17, 15) is 0 Å². The van der Waals surface area contributed by atoms with Crippen molar-refractivity contribution >= 4 is 0 Å². The van der Waals surface area contributed by atoms with E-state index in [1.807, 2.05) is 6.20 Å². The predicted molar refractivity (Wildman–Crippen MR) is 96.0 cm³/mol. The van der Waals surface area contributed by atoms with Crippen LogP contribution in [0.3, 0.4) is 0 Å². The molecule has 3 atom stereocenters. The number of rotatable bonds is 5. The molecule has 23 heavy (non-hydrogen) atoms. The lowest BCUT2D eigenvalue weighted by Crippen LogP contribution is -2.42. The molecule has 0 aliphatic heterocycles. The quantitative estimate of drug-likeness (QED) is 0.845. The zero-order valence-corrected chi connectivity index (χ0v) is 14.5. The first-order valence-electron chi connectivity index (χ1n) is 8.96. The zero-order valence-electron chi connectivity index (χ0n) is 14.5. The van der Waals surface area contributed by atoms with Crippen LogP contribution in [0.5, 0.6) is 0 Å². The van der Waals surface area contributed by atoms with Gasteiger partial charge < -0.3 is 5.32 Å². The summed E-state index contributed by atoms with van der Waals surface area (Å²) in [5, 5.41) is 11.3. The Bertz CT molecular complexity index is 602. The van der Waals surface area contributed by atoms with Crippen LogP contribution >= 0.6 is 0 Å². The van der Waals surface area contributed by atoms with Crippen molar-refractivity contribution in [3.05, 3.63) is 42.1 Å². The van der Waals surface area contributed by atoms with Crippen LogP contribution in [0.15, 0.2) is 36.5 Å². The van der Waals surface area contributed by atoms with E-state index < -0.39 is 0 Å². The first-order valence-corrected chi connectivity index (χ1v) is 8.96. The Balaban J connectivity index is 1.69. The highest BCUT2D eigenvalue weighted by Gasteiger charge is 2.30. The van der Waals surface area contributed by atoms with Gasteiger partial charge in [-0.15, -0.1) is 0 Å². The van der Waals surface area contributed by atoms with Crippen LogP contribution in [0, 0.1) is 17.8 Å². The first-order chi connectivity index (χ1) is 11.1. The molecule has 0 unspecified atom stereocenters. The molecule has 1 aromatic carbocycles. The number of nitrogens with zero attached hydrogens (tertiary/aromatic N) is 1. The second-order valence-corrected chi connectivity index (χ2v) is 7.45. The van der Waals surface area contributed by atoms with Gasteiger partial charge in [0.05, 0.1) is 11.9 Å². The molecule has 3 rings (SSSR count). The average molecular weight is 311 g/mol.